The zero-order valence-corrected chi connectivity index (χ0v) is 13.6. The van der Waals surface area contributed by atoms with Crippen molar-refractivity contribution >= 4 is 23.2 Å². The molecule has 0 aliphatic rings. The van der Waals surface area contributed by atoms with Crippen LogP contribution in [0.5, 0.6) is 0 Å². The lowest BCUT2D eigenvalue weighted by Crippen LogP contribution is -2.25. The molecule has 0 unspecified atom stereocenters. The van der Waals surface area contributed by atoms with Crippen LogP contribution in [0.15, 0.2) is 24.3 Å². The molecule has 2 rings (SSSR count). The minimum absolute atomic E-state index is 0.0389. The molecule has 0 fully saturated rings. The number of halogens is 1. The van der Waals surface area contributed by atoms with Crippen molar-refractivity contribution in [3.63, 3.8) is 0 Å². The molecular formula is C15H17ClN4O3. The van der Waals surface area contributed by atoms with E-state index < -0.39 is 4.92 Å². The number of benzene rings is 1. The van der Waals surface area contributed by atoms with Crippen LogP contribution in [0, 0.1) is 24.0 Å². The zero-order chi connectivity index (χ0) is 17.0. The van der Waals surface area contributed by atoms with Gasteiger partial charge in [-0.3, -0.25) is 19.6 Å². The van der Waals surface area contributed by atoms with Gasteiger partial charge in [0.25, 0.3) is 11.6 Å². The second-order valence-electron chi connectivity index (χ2n) is 5.12. The molecule has 0 radical (unpaired) electrons. The number of non-ortho nitro benzene ring substituents is 1. The average molecular weight is 337 g/mol. The van der Waals surface area contributed by atoms with Gasteiger partial charge in [-0.25, -0.2) is 0 Å². The molecule has 7 nitrogen and oxygen atoms in total. The number of rotatable bonds is 6. The molecule has 0 spiro atoms. The number of amides is 1. The summed E-state index contributed by atoms with van der Waals surface area (Å²) < 4.78 is 1.82. The van der Waals surface area contributed by atoms with Crippen LogP contribution in [-0.4, -0.2) is 27.2 Å². The van der Waals surface area contributed by atoms with Crippen LogP contribution in [0.25, 0.3) is 0 Å². The van der Waals surface area contributed by atoms with Gasteiger partial charge in [-0.1, -0.05) is 11.6 Å². The van der Waals surface area contributed by atoms with Crippen molar-refractivity contribution in [3.8, 4) is 0 Å². The number of nitro groups is 1. The third-order valence-electron chi connectivity index (χ3n) is 3.47. The normalized spacial score (nSPS) is 10.6. The molecule has 2 aromatic rings. The number of hydrogen-bond acceptors (Lipinski definition) is 4. The molecule has 1 heterocycles. The second kappa shape index (κ2) is 7.23. The number of aryl methyl sites for hydroxylation is 2. The number of nitrogens with one attached hydrogen (secondary N) is 1. The van der Waals surface area contributed by atoms with Crippen LogP contribution >= 0.6 is 11.6 Å². The van der Waals surface area contributed by atoms with Crippen molar-refractivity contribution in [3.05, 3.63) is 56.4 Å². The van der Waals surface area contributed by atoms with Gasteiger partial charge in [0.1, 0.15) is 0 Å². The SMILES string of the molecule is Cc1nn(CCCNC(=O)c2ccc([N+](=O)[O-])cc2)c(C)c1Cl. The number of nitro benzene ring substituents is 1. The van der Waals surface area contributed by atoms with E-state index in [0.717, 1.165) is 11.4 Å². The summed E-state index contributed by atoms with van der Waals surface area (Å²) in [4.78, 5) is 22.0. The maximum Gasteiger partial charge on any atom is 0.269 e. The first-order valence-electron chi connectivity index (χ1n) is 7.12. The fourth-order valence-electron chi connectivity index (χ4n) is 2.16. The summed E-state index contributed by atoms with van der Waals surface area (Å²) in [6.07, 6.45) is 0.705. The summed E-state index contributed by atoms with van der Waals surface area (Å²) in [6, 6.07) is 5.50. The number of carbonyl (C=O) groups is 1. The molecule has 0 bridgehead atoms. The Morgan fingerprint density at radius 3 is 2.52 bits per heavy atom. The minimum atomic E-state index is -0.499. The third kappa shape index (κ3) is 4.07. The van der Waals surface area contributed by atoms with E-state index in [1.807, 2.05) is 18.5 Å². The Hall–Kier alpha value is -2.41. The van der Waals surface area contributed by atoms with Gasteiger partial charge < -0.3 is 5.32 Å². The maximum absolute atomic E-state index is 11.9. The van der Waals surface area contributed by atoms with Gasteiger partial charge in [0, 0.05) is 30.8 Å². The number of aromatic nitrogens is 2. The number of carbonyl (C=O) groups excluding carboxylic acids is 1. The van der Waals surface area contributed by atoms with Gasteiger partial charge in [0.15, 0.2) is 0 Å². The Morgan fingerprint density at radius 1 is 1.35 bits per heavy atom. The Balaban J connectivity index is 1.82. The van der Waals surface area contributed by atoms with Crippen molar-refractivity contribution in [2.75, 3.05) is 6.54 Å². The van der Waals surface area contributed by atoms with Gasteiger partial charge >= 0.3 is 0 Å². The molecule has 1 amide bonds. The Labute approximate surface area is 138 Å². The zero-order valence-electron chi connectivity index (χ0n) is 12.9. The van der Waals surface area contributed by atoms with Gasteiger partial charge in [0.05, 0.1) is 21.3 Å². The van der Waals surface area contributed by atoms with Gasteiger partial charge in [-0.05, 0) is 32.4 Å². The van der Waals surface area contributed by atoms with E-state index in [1.165, 1.54) is 24.3 Å². The topological polar surface area (TPSA) is 90.1 Å². The smallest absolute Gasteiger partial charge is 0.269 e. The number of nitrogens with zero attached hydrogens (tertiary/aromatic N) is 3. The summed E-state index contributed by atoms with van der Waals surface area (Å²) in [7, 11) is 0. The van der Waals surface area contributed by atoms with Crippen molar-refractivity contribution in [2.24, 2.45) is 0 Å². The molecule has 0 atom stereocenters. The summed E-state index contributed by atoms with van der Waals surface area (Å²) in [5.41, 5.74) is 2.05. The first kappa shape index (κ1) is 17.0. The van der Waals surface area contributed by atoms with Crippen molar-refractivity contribution in [1.82, 2.24) is 15.1 Å². The summed E-state index contributed by atoms with van der Waals surface area (Å²) in [5.74, 6) is -0.258. The van der Waals surface area contributed by atoms with Crippen molar-refractivity contribution in [1.29, 1.82) is 0 Å². The number of hydrogen-bond donors (Lipinski definition) is 1. The molecule has 122 valence electrons. The molecular weight excluding hydrogens is 320 g/mol. The van der Waals surface area contributed by atoms with Crippen LogP contribution in [0.1, 0.15) is 28.2 Å². The largest absolute Gasteiger partial charge is 0.352 e. The van der Waals surface area contributed by atoms with E-state index in [2.05, 4.69) is 10.4 Å². The summed E-state index contributed by atoms with van der Waals surface area (Å²) in [6.45, 7) is 4.88. The Bertz CT molecular complexity index is 725. The minimum Gasteiger partial charge on any atom is -0.352 e. The molecule has 1 N–H and O–H groups in total. The van der Waals surface area contributed by atoms with Gasteiger partial charge in [0.2, 0.25) is 0 Å². The van der Waals surface area contributed by atoms with E-state index in [9.17, 15) is 14.9 Å². The second-order valence-corrected chi connectivity index (χ2v) is 5.50. The van der Waals surface area contributed by atoms with Crippen molar-refractivity contribution < 1.29 is 9.72 Å². The fourth-order valence-corrected chi connectivity index (χ4v) is 2.30. The molecule has 8 heteroatoms. The summed E-state index contributed by atoms with van der Waals surface area (Å²) >= 11 is 6.08. The van der Waals surface area contributed by atoms with E-state index in [4.69, 9.17) is 11.6 Å². The monoisotopic (exact) mass is 336 g/mol. The molecule has 0 aliphatic heterocycles. The predicted molar refractivity (Wildman–Crippen MR) is 86.8 cm³/mol. The van der Waals surface area contributed by atoms with Crippen LogP contribution < -0.4 is 5.32 Å². The molecule has 0 aliphatic carbocycles. The predicted octanol–water partition coefficient (Wildman–Crippen LogP) is 2.88. The molecule has 0 saturated heterocycles. The summed E-state index contributed by atoms with van der Waals surface area (Å²) in [5, 5.41) is 18.3. The Kier molecular flexibility index (Phi) is 5.33. The van der Waals surface area contributed by atoms with Crippen LogP contribution in [-0.2, 0) is 6.54 Å². The Morgan fingerprint density at radius 2 is 2.00 bits per heavy atom. The molecule has 23 heavy (non-hydrogen) atoms. The lowest BCUT2D eigenvalue weighted by atomic mass is 10.2. The lowest BCUT2D eigenvalue weighted by molar-refractivity contribution is -0.384. The van der Waals surface area contributed by atoms with Gasteiger partial charge in [-0.2, -0.15) is 5.10 Å². The van der Waals surface area contributed by atoms with Crippen LogP contribution in [0.3, 0.4) is 0 Å². The van der Waals surface area contributed by atoms with E-state index in [1.54, 1.807) is 0 Å². The fraction of sp³-hybridized carbons (Fsp3) is 0.333. The average Bonchev–Trinajstić information content (AvgIpc) is 2.78. The highest BCUT2D eigenvalue weighted by molar-refractivity contribution is 6.31. The highest BCUT2D eigenvalue weighted by Crippen LogP contribution is 2.18. The molecule has 0 saturated carbocycles. The molecule has 1 aromatic carbocycles. The van der Waals surface area contributed by atoms with Crippen LogP contribution in [0.4, 0.5) is 5.69 Å². The third-order valence-corrected chi connectivity index (χ3v) is 4.01. The first-order valence-corrected chi connectivity index (χ1v) is 7.50. The maximum atomic E-state index is 11.9. The highest BCUT2D eigenvalue weighted by Gasteiger charge is 2.10. The van der Waals surface area contributed by atoms with E-state index >= 15 is 0 Å². The lowest BCUT2D eigenvalue weighted by Gasteiger charge is -2.07. The standard InChI is InChI=1S/C15H17ClN4O3/c1-10-14(16)11(2)19(18-10)9-3-8-17-15(21)12-4-6-13(7-5-12)20(22)23/h4-7H,3,8-9H2,1-2H3,(H,17,21). The van der Waals surface area contributed by atoms with E-state index in [-0.39, 0.29) is 11.6 Å². The highest BCUT2D eigenvalue weighted by atomic mass is 35.5. The van der Waals surface area contributed by atoms with Gasteiger partial charge in [-0.15, -0.1) is 0 Å². The van der Waals surface area contributed by atoms with E-state index in [0.29, 0.717) is 30.1 Å². The van der Waals surface area contributed by atoms with Crippen LogP contribution in [0.2, 0.25) is 5.02 Å². The first-order chi connectivity index (χ1) is 10.9. The molecule has 1 aromatic heterocycles. The quantitative estimate of drug-likeness (QED) is 0.499. The van der Waals surface area contributed by atoms with Crippen molar-refractivity contribution in [2.45, 2.75) is 26.8 Å².